The van der Waals surface area contributed by atoms with E-state index in [9.17, 15) is 0 Å². The lowest BCUT2D eigenvalue weighted by Gasteiger charge is -2.01. The SMILES string of the molecule is Cc1cc(CNc2cncc(N)n2)on1. The van der Waals surface area contributed by atoms with Gasteiger partial charge in [-0.25, -0.2) is 4.98 Å². The van der Waals surface area contributed by atoms with Crippen molar-refractivity contribution in [2.75, 3.05) is 11.1 Å². The van der Waals surface area contributed by atoms with E-state index >= 15 is 0 Å². The molecule has 0 aliphatic rings. The maximum atomic E-state index is 5.48. The smallest absolute Gasteiger partial charge is 0.156 e. The zero-order valence-corrected chi connectivity index (χ0v) is 8.27. The van der Waals surface area contributed by atoms with Crippen molar-refractivity contribution < 1.29 is 4.52 Å². The molecule has 3 N–H and O–H groups in total. The van der Waals surface area contributed by atoms with Crippen LogP contribution in [0.1, 0.15) is 11.5 Å². The normalized spacial score (nSPS) is 10.2. The maximum Gasteiger partial charge on any atom is 0.156 e. The predicted molar refractivity (Wildman–Crippen MR) is 55.0 cm³/mol. The summed E-state index contributed by atoms with van der Waals surface area (Å²) < 4.78 is 5.02. The number of nitrogen functional groups attached to an aromatic ring is 1. The molecule has 0 spiro atoms. The van der Waals surface area contributed by atoms with Crippen molar-refractivity contribution in [3.05, 3.63) is 29.9 Å². The van der Waals surface area contributed by atoms with Gasteiger partial charge in [0.15, 0.2) is 5.76 Å². The zero-order valence-electron chi connectivity index (χ0n) is 8.27. The quantitative estimate of drug-likeness (QED) is 0.775. The van der Waals surface area contributed by atoms with Crippen LogP contribution >= 0.6 is 0 Å². The van der Waals surface area contributed by atoms with Crippen LogP contribution in [0.15, 0.2) is 23.0 Å². The van der Waals surface area contributed by atoms with Gasteiger partial charge in [0.2, 0.25) is 0 Å². The molecular formula is C9H11N5O. The van der Waals surface area contributed by atoms with Crippen molar-refractivity contribution in [1.82, 2.24) is 15.1 Å². The van der Waals surface area contributed by atoms with Gasteiger partial charge in [0.25, 0.3) is 0 Å². The van der Waals surface area contributed by atoms with Crippen LogP contribution in [0.5, 0.6) is 0 Å². The number of aryl methyl sites for hydroxylation is 1. The van der Waals surface area contributed by atoms with Gasteiger partial charge in [-0.05, 0) is 6.92 Å². The maximum absolute atomic E-state index is 5.48. The van der Waals surface area contributed by atoms with E-state index in [1.54, 1.807) is 6.20 Å². The predicted octanol–water partition coefficient (Wildman–Crippen LogP) is 0.967. The minimum atomic E-state index is 0.383. The molecule has 0 aromatic carbocycles. The van der Waals surface area contributed by atoms with Crippen LogP contribution in [0.25, 0.3) is 0 Å². The van der Waals surface area contributed by atoms with Crippen LogP contribution in [-0.4, -0.2) is 15.1 Å². The van der Waals surface area contributed by atoms with Crippen molar-refractivity contribution >= 4 is 11.6 Å². The van der Waals surface area contributed by atoms with E-state index < -0.39 is 0 Å². The first-order valence-corrected chi connectivity index (χ1v) is 4.47. The third-order valence-electron chi connectivity index (χ3n) is 1.77. The molecule has 78 valence electrons. The molecule has 0 aliphatic carbocycles. The number of nitrogens with two attached hydrogens (primary N) is 1. The molecule has 2 aromatic heterocycles. The molecule has 0 atom stereocenters. The average molecular weight is 205 g/mol. The molecule has 15 heavy (non-hydrogen) atoms. The number of rotatable bonds is 3. The van der Waals surface area contributed by atoms with Crippen LogP contribution in [0.4, 0.5) is 11.6 Å². The lowest BCUT2D eigenvalue weighted by atomic mass is 10.4. The Balaban J connectivity index is 1.99. The summed E-state index contributed by atoms with van der Waals surface area (Å²) in [6.07, 6.45) is 3.09. The van der Waals surface area contributed by atoms with E-state index in [-0.39, 0.29) is 0 Å². The summed E-state index contributed by atoms with van der Waals surface area (Å²) in [7, 11) is 0. The Hall–Kier alpha value is -2.11. The first-order valence-electron chi connectivity index (χ1n) is 4.47. The second-order valence-electron chi connectivity index (χ2n) is 3.12. The molecule has 0 radical (unpaired) electrons. The fourth-order valence-electron chi connectivity index (χ4n) is 1.14. The number of anilines is 2. The van der Waals surface area contributed by atoms with E-state index in [0.29, 0.717) is 18.2 Å². The Morgan fingerprint density at radius 3 is 3.00 bits per heavy atom. The van der Waals surface area contributed by atoms with E-state index in [0.717, 1.165) is 11.5 Å². The lowest BCUT2D eigenvalue weighted by Crippen LogP contribution is -2.02. The summed E-state index contributed by atoms with van der Waals surface area (Å²) in [5.74, 6) is 1.74. The van der Waals surface area contributed by atoms with Gasteiger partial charge in [0.1, 0.15) is 11.6 Å². The minimum absolute atomic E-state index is 0.383. The summed E-state index contributed by atoms with van der Waals surface area (Å²) in [6.45, 7) is 2.38. The van der Waals surface area contributed by atoms with E-state index in [1.807, 2.05) is 13.0 Å². The minimum Gasteiger partial charge on any atom is -0.382 e. The summed E-state index contributed by atoms with van der Waals surface area (Å²) in [5, 5.41) is 6.80. The van der Waals surface area contributed by atoms with Gasteiger partial charge in [0, 0.05) is 6.07 Å². The second kappa shape index (κ2) is 3.95. The molecule has 0 saturated carbocycles. The molecule has 2 heterocycles. The van der Waals surface area contributed by atoms with Crippen molar-refractivity contribution in [1.29, 1.82) is 0 Å². The van der Waals surface area contributed by atoms with Gasteiger partial charge in [-0.15, -0.1) is 0 Å². The van der Waals surface area contributed by atoms with E-state index in [2.05, 4.69) is 20.4 Å². The fourth-order valence-corrected chi connectivity index (χ4v) is 1.14. The Labute approximate surface area is 86.5 Å². The summed E-state index contributed by atoms with van der Waals surface area (Å²) in [5.41, 5.74) is 6.33. The van der Waals surface area contributed by atoms with Gasteiger partial charge in [-0.1, -0.05) is 5.16 Å². The summed E-state index contributed by atoms with van der Waals surface area (Å²) >= 11 is 0. The van der Waals surface area contributed by atoms with Crippen molar-refractivity contribution in [2.24, 2.45) is 0 Å². The summed E-state index contributed by atoms with van der Waals surface area (Å²) in [4.78, 5) is 7.94. The van der Waals surface area contributed by atoms with Crippen LogP contribution in [0.2, 0.25) is 0 Å². The summed E-state index contributed by atoms with van der Waals surface area (Å²) in [6, 6.07) is 1.85. The van der Waals surface area contributed by atoms with E-state index in [4.69, 9.17) is 10.3 Å². The monoisotopic (exact) mass is 205 g/mol. The van der Waals surface area contributed by atoms with Gasteiger partial charge >= 0.3 is 0 Å². The molecule has 0 unspecified atom stereocenters. The number of hydrogen-bond donors (Lipinski definition) is 2. The van der Waals surface area contributed by atoms with Gasteiger partial charge in [-0.3, -0.25) is 4.98 Å². The third-order valence-corrected chi connectivity index (χ3v) is 1.77. The molecule has 0 bridgehead atoms. The number of hydrogen-bond acceptors (Lipinski definition) is 6. The third kappa shape index (κ3) is 2.43. The molecule has 6 nitrogen and oxygen atoms in total. The van der Waals surface area contributed by atoms with Crippen molar-refractivity contribution in [2.45, 2.75) is 13.5 Å². The van der Waals surface area contributed by atoms with Crippen LogP contribution in [-0.2, 0) is 6.54 Å². The second-order valence-corrected chi connectivity index (χ2v) is 3.12. The molecule has 0 fully saturated rings. The topological polar surface area (TPSA) is 89.9 Å². The van der Waals surface area contributed by atoms with Gasteiger partial charge in [0.05, 0.1) is 24.6 Å². The van der Waals surface area contributed by atoms with Crippen LogP contribution in [0, 0.1) is 6.92 Å². The highest BCUT2D eigenvalue weighted by molar-refractivity contribution is 5.38. The Kier molecular flexibility index (Phi) is 2.49. The largest absolute Gasteiger partial charge is 0.382 e. The molecule has 2 aromatic rings. The molecule has 0 saturated heterocycles. The standard InChI is InChI=1S/C9H11N5O/c1-6-2-7(15-14-6)3-12-9-5-11-4-8(10)13-9/h2,4-5H,3H2,1H3,(H3,10,12,13). The highest BCUT2D eigenvalue weighted by atomic mass is 16.5. The molecular weight excluding hydrogens is 194 g/mol. The molecule has 2 rings (SSSR count). The highest BCUT2D eigenvalue weighted by Crippen LogP contribution is 2.07. The van der Waals surface area contributed by atoms with Crippen molar-refractivity contribution in [3.8, 4) is 0 Å². The fraction of sp³-hybridized carbons (Fsp3) is 0.222. The Morgan fingerprint density at radius 1 is 1.47 bits per heavy atom. The number of nitrogens with zero attached hydrogens (tertiary/aromatic N) is 3. The number of aromatic nitrogens is 3. The Morgan fingerprint density at radius 2 is 2.33 bits per heavy atom. The molecule has 0 aliphatic heterocycles. The molecule has 0 amide bonds. The van der Waals surface area contributed by atoms with Crippen LogP contribution < -0.4 is 11.1 Å². The zero-order chi connectivity index (χ0) is 10.7. The highest BCUT2D eigenvalue weighted by Gasteiger charge is 2.01. The first kappa shape index (κ1) is 9.45. The van der Waals surface area contributed by atoms with Gasteiger partial charge < -0.3 is 15.6 Å². The van der Waals surface area contributed by atoms with E-state index in [1.165, 1.54) is 6.20 Å². The van der Waals surface area contributed by atoms with Crippen molar-refractivity contribution in [3.63, 3.8) is 0 Å². The average Bonchev–Trinajstić information content (AvgIpc) is 2.62. The molecule has 6 heteroatoms. The van der Waals surface area contributed by atoms with Crippen LogP contribution in [0.3, 0.4) is 0 Å². The lowest BCUT2D eigenvalue weighted by molar-refractivity contribution is 0.384. The Bertz CT molecular complexity index is 453. The number of nitrogens with one attached hydrogen (secondary N) is 1. The van der Waals surface area contributed by atoms with Gasteiger partial charge in [-0.2, -0.15) is 0 Å². The first-order chi connectivity index (χ1) is 7.24.